The molecule has 13 heteroatoms. The summed E-state index contributed by atoms with van der Waals surface area (Å²) in [6.07, 6.45) is 8.52. The SMILES string of the molecule is C[C@H]1[C@@H](N(CCCc2ccccc2)C2CCN(c3ccc(C(=O)NS(=O)(=O)c4ccc(NCC5CCOCC5)c([N+](=O)[O-])c4)c(Oc4ccccc4)c3)CC2)C[C@@H]2C[C@@H]1C2(C)C. The van der Waals surface area contributed by atoms with Crippen LogP contribution in [0.4, 0.5) is 17.1 Å². The Hall–Kier alpha value is -4.98. The molecule has 62 heavy (non-hydrogen) atoms. The van der Waals surface area contributed by atoms with Crippen LogP contribution in [0.3, 0.4) is 0 Å². The quantitative estimate of drug-likeness (QED) is 0.0827. The number of nitrogens with zero attached hydrogens (tertiary/aromatic N) is 3. The summed E-state index contributed by atoms with van der Waals surface area (Å²) in [7, 11) is -4.51. The van der Waals surface area contributed by atoms with E-state index < -0.39 is 31.4 Å². The first-order valence-electron chi connectivity index (χ1n) is 22.5. The van der Waals surface area contributed by atoms with E-state index in [2.05, 4.69) is 70.9 Å². The average Bonchev–Trinajstić information content (AvgIpc) is 3.28. The van der Waals surface area contributed by atoms with E-state index in [1.165, 1.54) is 30.5 Å². The fourth-order valence-corrected chi connectivity index (χ4v) is 11.7. The fourth-order valence-electron chi connectivity index (χ4n) is 10.8. The zero-order chi connectivity index (χ0) is 43.4. The molecule has 0 spiro atoms. The van der Waals surface area contributed by atoms with E-state index in [9.17, 15) is 23.3 Å². The van der Waals surface area contributed by atoms with Gasteiger partial charge in [0.2, 0.25) is 0 Å². The molecule has 0 aromatic heterocycles. The van der Waals surface area contributed by atoms with Crippen molar-refractivity contribution in [3.8, 4) is 11.5 Å². The lowest BCUT2D eigenvalue weighted by Crippen LogP contribution is -2.63. The molecule has 330 valence electrons. The number of ether oxygens (including phenoxy) is 2. The number of piperidine rings is 1. The smallest absolute Gasteiger partial charge is 0.293 e. The zero-order valence-corrected chi connectivity index (χ0v) is 37.0. The van der Waals surface area contributed by atoms with E-state index in [1.54, 1.807) is 18.2 Å². The Bertz CT molecular complexity index is 2300. The molecular formula is C49H61N5O7S. The van der Waals surface area contributed by atoms with Crippen LogP contribution in [0.1, 0.15) is 81.6 Å². The molecule has 4 aromatic carbocycles. The van der Waals surface area contributed by atoms with E-state index in [0.29, 0.717) is 48.9 Å². The summed E-state index contributed by atoms with van der Waals surface area (Å²) in [6.45, 7) is 12.0. The summed E-state index contributed by atoms with van der Waals surface area (Å²) in [4.78, 5) is 30.2. The highest BCUT2D eigenvalue weighted by Crippen LogP contribution is 2.62. The summed E-state index contributed by atoms with van der Waals surface area (Å²) < 4.78 is 41.2. The molecule has 4 atom stereocenters. The number of aryl methyl sites for hydroxylation is 1. The number of hydrogen-bond acceptors (Lipinski definition) is 10. The molecule has 3 saturated carbocycles. The van der Waals surface area contributed by atoms with Gasteiger partial charge >= 0.3 is 0 Å². The number of nitrogens with one attached hydrogen (secondary N) is 2. The Kier molecular flexibility index (Phi) is 13.2. The van der Waals surface area contributed by atoms with Crippen LogP contribution in [0.25, 0.3) is 0 Å². The largest absolute Gasteiger partial charge is 0.456 e. The van der Waals surface area contributed by atoms with Crippen LogP contribution in [0.15, 0.2) is 102 Å². The first kappa shape index (κ1) is 43.7. The minimum Gasteiger partial charge on any atom is -0.456 e. The topological polar surface area (TPSA) is 143 Å². The van der Waals surface area contributed by atoms with Crippen molar-refractivity contribution in [1.29, 1.82) is 0 Å². The van der Waals surface area contributed by atoms with Gasteiger partial charge in [0.05, 0.1) is 15.4 Å². The van der Waals surface area contributed by atoms with Crippen molar-refractivity contribution in [2.75, 3.05) is 49.6 Å². The highest BCUT2D eigenvalue weighted by Gasteiger charge is 2.57. The second-order valence-corrected chi connectivity index (χ2v) is 20.2. The zero-order valence-electron chi connectivity index (χ0n) is 36.2. The number of amides is 1. The number of rotatable bonds is 16. The molecule has 2 heterocycles. The number of hydrogen-bond donors (Lipinski definition) is 2. The molecule has 0 unspecified atom stereocenters. The van der Waals surface area contributed by atoms with Gasteiger partial charge < -0.3 is 19.7 Å². The van der Waals surface area contributed by atoms with E-state index in [1.807, 2.05) is 30.3 Å². The lowest BCUT2D eigenvalue weighted by Gasteiger charge is -2.64. The Morgan fingerprint density at radius 2 is 1.65 bits per heavy atom. The highest BCUT2D eigenvalue weighted by molar-refractivity contribution is 7.90. The predicted octanol–water partition coefficient (Wildman–Crippen LogP) is 9.32. The number of fused-ring (bicyclic) bond motifs is 2. The van der Waals surface area contributed by atoms with Gasteiger partial charge in [-0.15, -0.1) is 0 Å². The second kappa shape index (κ2) is 18.8. The van der Waals surface area contributed by atoms with Crippen LogP contribution in [0.5, 0.6) is 11.5 Å². The van der Waals surface area contributed by atoms with E-state index >= 15 is 0 Å². The van der Waals surface area contributed by atoms with Crippen molar-refractivity contribution in [1.82, 2.24) is 9.62 Å². The molecule has 4 aromatic rings. The maximum atomic E-state index is 13.9. The minimum atomic E-state index is -4.51. The number of sulfonamides is 1. The lowest BCUT2D eigenvalue weighted by atomic mass is 9.44. The second-order valence-electron chi connectivity index (χ2n) is 18.5. The molecule has 3 aliphatic carbocycles. The van der Waals surface area contributed by atoms with E-state index in [4.69, 9.17) is 9.47 Å². The van der Waals surface area contributed by atoms with Crippen LogP contribution in [0.2, 0.25) is 0 Å². The number of anilines is 2. The van der Waals surface area contributed by atoms with E-state index in [0.717, 1.165) is 81.7 Å². The molecule has 2 saturated heterocycles. The summed E-state index contributed by atoms with van der Waals surface area (Å²) in [5.74, 6) is 2.30. The maximum Gasteiger partial charge on any atom is 0.293 e. The molecule has 2 bridgehead atoms. The number of carbonyl (C=O) groups excluding carboxylic acids is 1. The number of para-hydroxylation sites is 1. The predicted molar refractivity (Wildman–Crippen MR) is 242 cm³/mol. The standard InChI is InChI=1S/C49H61N5O7S/c1-34-43-29-37(49(43,2)3)30-45(34)53(24-10-13-35-11-6-4-7-12-35)38-20-25-52(26-21-38)39-16-18-42(47(31-39)61-40-14-8-5-9-15-40)48(55)51-62(58,59)41-17-19-44(46(32-41)54(56)57)50-33-36-22-27-60-28-23-36/h4-9,11-12,14-19,31-32,34,36-38,43,45,50H,10,13,20-30,33H2,1-3H3,(H,51,55)/t34-,37+,43+,45+/m1/s1. The summed E-state index contributed by atoms with van der Waals surface area (Å²) in [5.41, 5.74) is 2.55. The van der Waals surface area contributed by atoms with Crippen molar-refractivity contribution in [3.05, 3.63) is 118 Å². The van der Waals surface area contributed by atoms with Crippen molar-refractivity contribution in [3.63, 3.8) is 0 Å². The summed E-state index contributed by atoms with van der Waals surface area (Å²) in [6, 6.07) is 29.8. The van der Waals surface area contributed by atoms with Crippen LogP contribution < -0.4 is 19.7 Å². The normalized spacial score (nSPS) is 22.7. The molecule has 5 fully saturated rings. The third kappa shape index (κ3) is 9.65. The molecule has 2 N–H and O–H groups in total. The van der Waals surface area contributed by atoms with Crippen molar-refractivity contribution < 1.29 is 27.6 Å². The highest BCUT2D eigenvalue weighted by atomic mass is 32.2. The Morgan fingerprint density at radius 3 is 2.32 bits per heavy atom. The Labute approximate surface area is 366 Å². The number of nitro benzene ring substituents is 1. The number of carbonyl (C=O) groups is 1. The molecule has 0 radical (unpaired) electrons. The van der Waals surface area contributed by atoms with Crippen LogP contribution >= 0.6 is 0 Å². The molecule has 5 aliphatic rings. The fraction of sp³-hybridized carbons (Fsp3) is 0.490. The third-order valence-corrected chi connectivity index (χ3v) is 15.9. The van der Waals surface area contributed by atoms with Gasteiger partial charge in [-0.05, 0) is 129 Å². The lowest BCUT2D eigenvalue weighted by molar-refractivity contribution is -0.384. The maximum absolute atomic E-state index is 13.9. The van der Waals surface area contributed by atoms with Crippen LogP contribution in [-0.2, 0) is 21.2 Å². The monoisotopic (exact) mass is 863 g/mol. The van der Waals surface area contributed by atoms with Gasteiger partial charge in [-0.2, -0.15) is 0 Å². The van der Waals surface area contributed by atoms with Gasteiger partial charge in [-0.25, -0.2) is 13.1 Å². The molecule has 2 aliphatic heterocycles. The average molecular weight is 864 g/mol. The minimum absolute atomic E-state index is 0.0256. The van der Waals surface area contributed by atoms with Gasteiger partial charge in [-0.3, -0.25) is 19.8 Å². The van der Waals surface area contributed by atoms with Gasteiger partial charge in [0.25, 0.3) is 21.6 Å². The van der Waals surface area contributed by atoms with Gasteiger partial charge in [0, 0.05) is 62.8 Å². The number of nitro groups is 1. The van der Waals surface area contributed by atoms with E-state index in [-0.39, 0.29) is 22.9 Å². The van der Waals surface area contributed by atoms with Crippen LogP contribution in [0, 0.1) is 39.2 Å². The van der Waals surface area contributed by atoms with Crippen molar-refractivity contribution >= 4 is 33.0 Å². The van der Waals surface area contributed by atoms with Crippen molar-refractivity contribution in [2.45, 2.75) is 89.1 Å². The van der Waals surface area contributed by atoms with Crippen LogP contribution in [-0.4, -0.2) is 75.6 Å². The third-order valence-electron chi connectivity index (χ3n) is 14.6. The molecule has 9 rings (SSSR count). The summed E-state index contributed by atoms with van der Waals surface area (Å²) >= 11 is 0. The van der Waals surface area contributed by atoms with Gasteiger partial charge in [-0.1, -0.05) is 69.3 Å². The van der Waals surface area contributed by atoms with Gasteiger partial charge in [0.1, 0.15) is 17.2 Å². The number of benzene rings is 4. The van der Waals surface area contributed by atoms with Crippen molar-refractivity contribution in [2.24, 2.45) is 29.1 Å². The first-order chi connectivity index (χ1) is 29.9. The Morgan fingerprint density at radius 1 is 0.935 bits per heavy atom. The molecular weight excluding hydrogens is 803 g/mol. The first-order valence-corrected chi connectivity index (χ1v) is 23.9. The molecule has 1 amide bonds. The van der Waals surface area contributed by atoms with Gasteiger partial charge in [0.15, 0.2) is 0 Å². The molecule has 12 nitrogen and oxygen atoms in total. The Balaban J connectivity index is 0.974. The summed E-state index contributed by atoms with van der Waals surface area (Å²) in [5, 5.41) is 15.2.